The second-order valence-corrected chi connectivity index (χ2v) is 6.31. The summed E-state index contributed by atoms with van der Waals surface area (Å²) in [6.45, 7) is 9.20. The SMILES string of the molecule is CCN(CC)CCCNS(=O)(=O)c1c(CN)n[nH]c1C. The fourth-order valence-corrected chi connectivity index (χ4v) is 3.53. The van der Waals surface area contributed by atoms with Crippen LogP contribution >= 0.6 is 0 Å². The molecule has 7 nitrogen and oxygen atoms in total. The van der Waals surface area contributed by atoms with Gasteiger partial charge in [0.1, 0.15) is 4.90 Å². The van der Waals surface area contributed by atoms with Crippen molar-refractivity contribution in [3.05, 3.63) is 11.4 Å². The molecule has 0 fully saturated rings. The van der Waals surface area contributed by atoms with Crippen LogP contribution in [-0.2, 0) is 16.6 Å². The molecule has 0 aromatic carbocycles. The van der Waals surface area contributed by atoms with E-state index >= 15 is 0 Å². The molecule has 20 heavy (non-hydrogen) atoms. The second-order valence-electron chi connectivity index (χ2n) is 4.61. The van der Waals surface area contributed by atoms with Gasteiger partial charge < -0.3 is 10.6 Å². The Morgan fingerprint density at radius 2 is 2.00 bits per heavy atom. The number of aryl methyl sites for hydroxylation is 1. The lowest BCUT2D eigenvalue weighted by Crippen LogP contribution is -2.30. The Morgan fingerprint density at radius 3 is 2.55 bits per heavy atom. The summed E-state index contributed by atoms with van der Waals surface area (Å²) in [6, 6.07) is 0. The molecule has 0 amide bonds. The third-order valence-corrected chi connectivity index (χ3v) is 4.92. The topological polar surface area (TPSA) is 104 Å². The first-order valence-corrected chi connectivity index (χ1v) is 8.40. The predicted octanol–water partition coefficient (Wildman–Crippen LogP) is 0.187. The molecule has 0 bridgehead atoms. The number of H-pyrrole nitrogens is 1. The van der Waals surface area contributed by atoms with Crippen LogP contribution < -0.4 is 10.5 Å². The highest BCUT2D eigenvalue weighted by atomic mass is 32.2. The molecule has 0 radical (unpaired) electrons. The van der Waals surface area contributed by atoms with E-state index < -0.39 is 10.0 Å². The van der Waals surface area contributed by atoms with E-state index in [-0.39, 0.29) is 11.4 Å². The number of sulfonamides is 1. The zero-order chi connectivity index (χ0) is 15.2. The van der Waals surface area contributed by atoms with Crippen molar-refractivity contribution < 1.29 is 8.42 Å². The minimum Gasteiger partial charge on any atom is -0.325 e. The number of aromatic nitrogens is 2. The highest BCUT2D eigenvalue weighted by Crippen LogP contribution is 2.16. The molecule has 0 aliphatic carbocycles. The van der Waals surface area contributed by atoms with Gasteiger partial charge in [0, 0.05) is 13.1 Å². The minimum absolute atomic E-state index is 0.0973. The number of aromatic amines is 1. The van der Waals surface area contributed by atoms with Crippen molar-refractivity contribution in [3.63, 3.8) is 0 Å². The van der Waals surface area contributed by atoms with E-state index in [0.717, 1.165) is 26.1 Å². The molecule has 116 valence electrons. The predicted molar refractivity (Wildman–Crippen MR) is 78.8 cm³/mol. The van der Waals surface area contributed by atoms with Gasteiger partial charge in [-0.05, 0) is 33.0 Å². The van der Waals surface area contributed by atoms with E-state index in [4.69, 9.17) is 5.73 Å². The van der Waals surface area contributed by atoms with Crippen LogP contribution in [0.2, 0.25) is 0 Å². The molecule has 8 heteroatoms. The van der Waals surface area contributed by atoms with Crippen molar-refractivity contribution in [2.45, 2.75) is 38.6 Å². The van der Waals surface area contributed by atoms with Crippen LogP contribution in [0.15, 0.2) is 4.90 Å². The van der Waals surface area contributed by atoms with Crippen LogP contribution in [0.5, 0.6) is 0 Å². The number of hydrogen-bond donors (Lipinski definition) is 3. The molecular weight excluding hydrogens is 278 g/mol. The van der Waals surface area contributed by atoms with E-state index in [1.165, 1.54) is 0 Å². The molecule has 0 aliphatic heterocycles. The van der Waals surface area contributed by atoms with Crippen LogP contribution in [0.4, 0.5) is 0 Å². The number of rotatable bonds is 9. The second kappa shape index (κ2) is 7.72. The third kappa shape index (κ3) is 4.27. The van der Waals surface area contributed by atoms with Gasteiger partial charge >= 0.3 is 0 Å². The number of hydrogen-bond acceptors (Lipinski definition) is 5. The third-order valence-electron chi connectivity index (χ3n) is 3.26. The number of nitrogens with one attached hydrogen (secondary N) is 2. The summed E-state index contributed by atoms with van der Waals surface area (Å²) < 4.78 is 27.1. The maximum atomic E-state index is 12.2. The number of nitrogens with zero attached hydrogens (tertiary/aromatic N) is 2. The summed E-state index contributed by atoms with van der Waals surface area (Å²) in [5.74, 6) is 0. The van der Waals surface area contributed by atoms with E-state index in [1.54, 1.807) is 6.92 Å². The van der Waals surface area contributed by atoms with Crippen molar-refractivity contribution in [1.82, 2.24) is 19.8 Å². The largest absolute Gasteiger partial charge is 0.325 e. The normalized spacial score (nSPS) is 12.2. The van der Waals surface area contributed by atoms with Crippen LogP contribution in [0.3, 0.4) is 0 Å². The van der Waals surface area contributed by atoms with Gasteiger partial charge in [0.15, 0.2) is 0 Å². The summed E-state index contributed by atoms with van der Waals surface area (Å²) >= 11 is 0. The zero-order valence-electron chi connectivity index (χ0n) is 12.4. The quantitative estimate of drug-likeness (QED) is 0.565. The molecular formula is C12H25N5O2S. The van der Waals surface area contributed by atoms with Crippen molar-refractivity contribution in [2.24, 2.45) is 5.73 Å². The molecule has 0 unspecified atom stereocenters. The lowest BCUT2D eigenvalue weighted by molar-refractivity contribution is 0.300. The van der Waals surface area contributed by atoms with Crippen molar-refractivity contribution >= 4 is 10.0 Å². The highest BCUT2D eigenvalue weighted by Gasteiger charge is 2.22. The van der Waals surface area contributed by atoms with E-state index in [0.29, 0.717) is 17.9 Å². The summed E-state index contributed by atoms with van der Waals surface area (Å²) in [4.78, 5) is 2.44. The van der Waals surface area contributed by atoms with Gasteiger partial charge in [0.05, 0.1) is 11.4 Å². The molecule has 0 saturated carbocycles. The standard InChI is InChI=1S/C12H25N5O2S/c1-4-17(5-2)8-6-7-14-20(18,19)12-10(3)15-16-11(12)9-13/h14H,4-9,13H2,1-3H3,(H,15,16). The molecule has 4 N–H and O–H groups in total. The Morgan fingerprint density at radius 1 is 1.35 bits per heavy atom. The Labute approximate surface area is 121 Å². The van der Waals surface area contributed by atoms with Crippen molar-refractivity contribution in [3.8, 4) is 0 Å². The molecule has 1 aromatic heterocycles. The van der Waals surface area contributed by atoms with E-state index in [9.17, 15) is 8.42 Å². The average molecular weight is 303 g/mol. The zero-order valence-corrected chi connectivity index (χ0v) is 13.3. The van der Waals surface area contributed by atoms with Crippen LogP contribution in [0, 0.1) is 6.92 Å². The molecule has 0 aliphatic rings. The van der Waals surface area contributed by atoms with Crippen molar-refractivity contribution in [1.29, 1.82) is 0 Å². The van der Waals surface area contributed by atoms with Crippen LogP contribution in [-0.4, -0.2) is 49.7 Å². The Bertz CT molecular complexity index is 508. The minimum atomic E-state index is -3.54. The van der Waals surface area contributed by atoms with Crippen LogP contribution in [0.25, 0.3) is 0 Å². The molecule has 1 aromatic rings. The van der Waals surface area contributed by atoms with Crippen molar-refractivity contribution in [2.75, 3.05) is 26.2 Å². The maximum absolute atomic E-state index is 12.2. The van der Waals surface area contributed by atoms with Gasteiger partial charge in [0.25, 0.3) is 0 Å². The summed E-state index contributed by atoms with van der Waals surface area (Å²) in [7, 11) is -3.54. The highest BCUT2D eigenvalue weighted by molar-refractivity contribution is 7.89. The molecule has 0 spiro atoms. The van der Waals surface area contributed by atoms with E-state index in [1.807, 2.05) is 0 Å². The maximum Gasteiger partial charge on any atom is 0.244 e. The first-order chi connectivity index (χ1) is 9.46. The molecule has 0 atom stereocenters. The van der Waals surface area contributed by atoms with Gasteiger partial charge in [-0.3, -0.25) is 5.10 Å². The lowest BCUT2D eigenvalue weighted by atomic mass is 10.4. The summed E-state index contributed by atoms with van der Waals surface area (Å²) in [5.41, 5.74) is 6.40. The molecule has 1 heterocycles. The van der Waals surface area contributed by atoms with E-state index in [2.05, 4.69) is 33.7 Å². The first-order valence-electron chi connectivity index (χ1n) is 6.92. The van der Waals surface area contributed by atoms with Gasteiger partial charge in [-0.15, -0.1) is 0 Å². The monoisotopic (exact) mass is 303 g/mol. The lowest BCUT2D eigenvalue weighted by Gasteiger charge is -2.17. The van der Waals surface area contributed by atoms with Gasteiger partial charge in [0.2, 0.25) is 10.0 Å². The van der Waals surface area contributed by atoms with Crippen LogP contribution in [0.1, 0.15) is 31.7 Å². The smallest absolute Gasteiger partial charge is 0.244 e. The number of nitrogens with two attached hydrogens (primary N) is 1. The molecule has 1 rings (SSSR count). The first kappa shape index (κ1) is 17.1. The Hall–Kier alpha value is -0.960. The molecule has 0 saturated heterocycles. The Kier molecular flexibility index (Phi) is 6.60. The fourth-order valence-electron chi connectivity index (χ4n) is 2.09. The fraction of sp³-hybridized carbons (Fsp3) is 0.750. The van der Waals surface area contributed by atoms with Gasteiger partial charge in [-0.2, -0.15) is 5.10 Å². The average Bonchev–Trinajstić information content (AvgIpc) is 2.81. The van der Waals surface area contributed by atoms with Gasteiger partial charge in [-0.25, -0.2) is 13.1 Å². The van der Waals surface area contributed by atoms with Gasteiger partial charge in [-0.1, -0.05) is 13.8 Å². The Balaban J connectivity index is 2.60. The summed E-state index contributed by atoms with van der Waals surface area (Å²) in [5, 5.41) is 6.57. The summed E-state index contributed by atoms with van der Waals surface area (Å²) in [6.07, 6.45) is 0.774.